The minimum absolute atomic E-state index is 0.359. The zero-order chi connectivity index (χ0) is 9.68. The molecule has 1 aromatic heterocycles. The van der Waals surface area contributed by atoms with Gasteiger partial charge >= 0.3 is 0 Å². The van der Waals surface area contributed by atoms with Gasteiger partial charge in [-0.2, -0.15) is 0 Å². The van der Waals surface area contributed by atoms with Crippen LogP contribution in [0.3, 0.4) is 0 Å². The second-order valence-corrected chi connectivity index (χ2v) is 2.21. The van der Waals surface area contributed by atoms with Crippen molar-refractivity contribution in [1.82, 2.24) is 10.5 Å². The smallest absolute Gasteiger partial charge is 0.278 e. The van der Waals surface area contributed by atoms with Crippen molar-refractivity contribution in [3.8, 4) is 5.75 Å². The van der Waals surface area contributed by atoms with Crippen LogP contribution in [0.15, 0.2) is 18.5 Å². The SMILES string of the molecule is CONC(=O)c1ccncc1OC. The summed E-state index contributed by atoms with van der Waals surface area (Å²) in [6, 6.07) is 1.55. The van der Waals surface area contributed by atoms with Crippen LogP contribution >= 0.6 is 0 Å². The molecular weight excluding hydrogens is 172 g/mol. The molecular formula is C8H10N2O3. The highest BCUT2D eigenvalue weighted by molar-refractivity contribution is 5.95. The maximum absolute atomic E-state index is 11.3. The molecule has 0 spiro atoms. The molecule has 0 radical (unpaired) electrons. The van der Waals surface area contributed by atoms with E-state index >= 15 is 0 Å². The van der Waals surface area contributed by atoms with Gasteiger partial charge in [0.25, 0.3) is 5.91 Å². The van der Waals surface area contributed by atoms with Crippen molar-refractivity contribution in [3.05, 3.63) is 24.0 Å². The van der Waals surface area contributed by atoms with Crippen LogP contribution in [-0.4, -0.2) is 25.1 Å². The van der Waals surface area contributed by atoms with Crippen LogP contribution in [-0.2, 0) is 4.84 Å². The summed E-state index contributed by atoms with van der Waals surface area (Å²) in [5.74, 6) is 0.0544. The summed E-state index contributed by atoms with van der Waals surface area (Å²) in [6.07, 6.45) is 2.97. The monoisotopic (exact) mass is 182 g/mol. The summed E-state index contributed by atoms with van der Waals surface area (Å²) in [5, 5.41) is 0. The van der Waals surface area contributed by atoms with Crippen LogP contribution < -0.4 is 10.2 Å². The molecule has 0 aliphatic rings. The van der Waals surface area contributed by atoms with Crippen LogP contribution in [0.5, 0.6) is 5.75 Å². The molecule has 0 aromatic carbocycles. The van der Waals surface area contributed by atoms with Gasteiger partial charge in [0.05, 0.1) is 26.0 Å². The summed E-state index contributed by atoms with van der Waals surface area (Å²) in [4.78, 5) is 19.6. The molecule has 0 saturated heterocycles. The van der Waals surface area contributed by atoms with E-state index in [1.807, 2.05) is 0 Å². The van der Waals surface area contributed by atoms with E-state index in [-0.39, 0.29) is 5.91 Å². The first-order chi connectivity index (χ1) is 6.29. The highest BCUT2D eigenvalue weighted by Gasteiger charge is 2.10. The van der Waals surface area contributed by atoms with Gasteiger partial charge in [-0.1, -0.05) is 0 Å². The lowest BCUT2D eigenvalue weighted by atomic mass is 10.2. The Balaban J connectivity index is 2.92. The van der Waals surface area contributed by atoms with Gasteiger partial charge < -0.3 is 4.74 Å². The first-order valence-electron chi connectivity index (χ1n) is 3.61. The van der Waals surface area contributed by atoms with Crippen molar-refractivity contribution < 1.29 is 14.4 Å². The predicted octanol–water partition coefficient (Wildman–Crippen LogP) is 0.381. The topological polar surface area (TPSA) is 60.5 Å². The van der Waals surface area contributed by atoms with Gasteiger partial charge in [0.15, 0.2) is 0 Å². The quantitative estimate of drug-likeness (QED) is 0.686. The van der Waals surface area contributed by atoms with Crippen molar-refractivity contribution in [1.29, 1.82) is 0 Å². The number of nitrogens with one attached hydrogen (secondary N) is 1. The molecule has 1 rings (SSSR count). The summed E-state index contributed by atoms with van der Waals surface area (Å²) < 4.78 is 4.93. The van der Waals surface area contributed by atoms with Crippen LogP contribution in [0.1, 0.15) is 10.4 Å². The second-order valence-electron chi connectivity index (χ2n) is 2.21. The third kappa shape index (κ3) is 2.16. The normalized spacial score (nSPS) is 9.38. The van der Waals surface area contributed by atoms with Crippen LogP contribution in [0.25, 0.3) is 0 Å². The number of aromatic nitrogens is 1. The molecule has 0 fully saturated rings. The molecule has 0 saturated carbocycles. The molecule has 0 aliphatic carbocycles. The molecule has 1 N–H and O–H groups in total. The summed E-state index contributed by atoms with van der Waals surface area (Å²) in [6.45, 7) is 0. The average Bonchev–Trinajstić information content (AvgIpc) is 2.18. The lowest BCUT2D eigenvalue weighted by Crippen LogP contribution is -2.22. The van der Waals surface area contributed by atoms with Crippen LogP contribution in [0.2, 0.25) is 0 Å². The van der Waals surface area contributed by atoms with Crippen molar-refractivity contribution in [3.63, 3.8) is 0 Å². The van der Waals surface area contributed by atoms with E-state index < -0.39 is 0 Å². The highest BCUT2D eigenvalue weighted by Crippen LogP contribution is 2.14. The molecule has 0 aliphatic heterocycles. The molecule has 13 heavy (non-hydrogen) atoms. The van der Waals surface area contributed by atoms with Gasteiger partial charge in [-0.05, 0) is 6.07 Å². The van der Waals surface area contributed by atoms with Crippen molar-refractivity contribution in [2.45, 2.75) is 0 Å². The largest absolute Gasteiger partial charge is 0.494 e. The van der Waals surface area contributed by atoms with E-state index in [1.54, 1.807) is 6.07 Å². The number of nitrogens with zero attached hydrogens (tertiary/aromatic N) is 1. The van der Waals surface area contributed by atoms with E-state index in [1.165, 1.54) is 26.6 Å². The Morgan fingerprint density at radius 1 is 1.54 bits per heavy atom. The summed E-state index contributed by atoms with van der Waals surface area (Å²) in [5.41, 5.74) is 2.58. The van der Waals surface area contributed by atoms with E-state index in [4.69, 9.17) is 4.74 Å². The van der Waals surface area contributed by atoms with E-state index in [0.717, 1.165) is 0 Å². The number of hydroxylamine groups is 1. The number of pyridine rings is 1. The average molecular weight is 182 g/mol. The molecule has 0 unspecified atom stereocenters. The molecule has 1 aromatic rings. The zero-order valence-electron chi connectivity index (χ0n) is 7.40. The van der Waals surface area contributed by atoms with Gasteiger partial charge in [0.2, 0.25) is 0 Å². The maximum atomic E-state index is 11.3. The molecule has 0 atom stereocenters. The maximum Gasteiger partial charge on any atom is 0.278 e. The van der Waals surface area contributed by atoms with Gasteiger partial charge in [0, 0.05) is 6.20 Å². The van der Waals surface area contributed by atoms with E-state index in [0.29, 0.717) is 11.3 Å². The van der Waals surface area contributed by atoms with Gasteiger partial charge in [-0.3, -0.25) is 14.6 Å². The van der Waals surface area contributed by atoms with Gasteiger partial charge in [-0.15, -0.1) is 0 Å². The number of hydrogen-bond donors (Lipinski definition) is 1. The Morgan fingerprint density at radius 2 is 2.31 bits per heavy atom. The standard InChI is InChI=1S/C8H10N2O3/c1-12-7-5-9-4-3-6(7)8(11)10-13-2/h3-5H,1-2H3,(H,10,11). The Kier molecular flexibility index (Phi) is 3.22. The predicted molar refractivity (Wildman–Crippen MR) is 45.3 cm³/mol. The first-order valence-corrected chi connectivity index (χ1v) is 3.61. The summed E-state index contributed by atoms with van der Waals surface area (Å²) >= 11 is 0. The number of rotatable bonds is 3. The van der Waals surface area contributed by atoms with Crippen LogP contribution in [0, 0.1) is 0 Å². The molecule has 1 heterocycles. The Labute approximate surface area is 75.6 Å². The Bertz CT molecular complexity index is 301. The second kappa shape index (κ2) is 4.42. The molecule has 1 amide bonds. The zero-order valence-corrected chi connectivity index (χ0v) is 7.40. The third-order valence-corrected chi connectivity index (χ3v) is 1.44. The van der Waals surface area contributed by atoms with E-state index in [2.05, 4.69) is 15.3 Å². The van der Waals surface area contributed by atoms with Gasteiger partial charge in [-0.25, -0.2) is 5.48 Å². The number of ether oxygens (including phenoxy) is 1. The lowest BCUT2D eigenvalue weighted by molar-refractivity contribution is 0.0534. The van der Waals surface area contributed by atoms with Crippen molar-refractivity contribution in [2.24, 2.45) is 0 Å². The molecule has 70 valence electrons. The molecule has 0 bridgehead atoms. The fourth-order valence-corrected chi connectivity index (χ4v) is 0.878. The fourth-order valence-electron chi connectivity index (χ4n) is 0.878. The number of hydrogen-bond acceptors (Lipinski definition) is 4. The highest BCUT2D eigenvalue weighted by atomic mass is 16.6. The number of carbonyl (C=O) groups excluding carboxylic acids is 1. The Hall–Kier alpha value is -1.62. The molecule has 5 heteroatoms. The number of carbonyl (C=O) groups is 1. The van der Waals surface area contributed by atoms with Gasteiger partial charge in [0.1, 0.15) is 5.75 Å². The fraction of sp³-hybridized carbons (Fsp3) is 0.250. The molecule has 5 nitrogen and oxygen atoms in total. The van der Waals surface area contributed by atoms with E-state index in [9.17, 15) is 4.79 Å². The number of methoxy groups -OCH3 is 1. The minimum atomic E-state index is -0.359. The lowest BCUT2D eigenvalue weighted by Gasteiger charge is -2.06. The first kappa shape index (κ1) is 9.47. The minimum Gasteiger partial charge on any atom is -0.494 e. The Morgan fingerprint density at radius 3 is 2.92 bits per heavy atom. The summed E-state index contributed by atoms with van der Waals surface area (Å²) in [7, 11) is 2.84. The third-order valence-electron chi connectivity index (χ3n) is 1.44. The van der Waals surface area contributed by atoms with Crippen molar-refractivity contribution in [2.75, 3.05) is 14.2 Å². The number of amides is 1. The van der Waals surface area contributed by atoms with Crippen molar-refractivity contribution >= 4 is 5.91 Å². The van der Waals surface area contributed by atoms with Crippen LogP contribution in [0.4, 0.5) is 0 Å².